The third kappa shape index (κ3) is 3.57. The fourth-order valence-corrected chi connectivity index (χ4v) is 1.53. The Labute approximate surface area is 109 Å². The van der Waals surface area contributed by atoms with Gasteiger partial charge in [-0.2, -0.15) is 27.2 Å². The number of rotatable bonds is 4. The minimum Gasteiger partial charge on any atom is -0.481 e. The minimum absolute atomic E-state index is 0.593. The Morgan fingerprint density at radius 3 is 2.40 bits per heavy atom. The number of alkyl halides is 5. The number of carbonyl (C=O) groups is 1. The summed E-state index contributed by atoms with van der Waals surface area (Å²) in [7, 11) is 0. The van der Waals surface area contributed by atoms with Crippen molar-refractivity contribution >= 4 is 5.97 Å². The van der Waals surface area contributed by atoms with Crippen LogP contribution in [0.4, 0.5) is 22.0 Å². The van der Waals surface area contributed by atoms with Crippen molar-refractivity contribution in [3.05, 3.63) is 28.8 Å². The first-order chi connectivity index (χ1) is 9.16. The molecule has 0 aliphatic carbocycles. The van der Waals surface area contributed by atoms with Gasteiger partial charge in [0.25, 0.3) is 0 Å². The van der Waals surface area contributed by atoms with E-state index in [1.807, 2.05) is 0 Å². The summed E-state index contributed by atoms with van der Waals surface area (Å²) in [6.07, 6.45) is -6.08. The molecular weight excluding hydrogens is 289 g/mol. The molecule has 0 spiro atoms. The summed E-state index contributed by atoms with van der Waals surface area (Å²) >= 11 is 0. The van der Waals surface area contributed by atoms with E-state index in [1.165, 1.54) is 6.07 Å². The molecule has 0 unspecified atom stereocenters. The van der Waals surface area contributed by atoms with Gasteiger partial charge >= 0.3 is 18.8 Å². The zero-order chi connectivity index (χ0) is 15.5. The van der Waals surface area contributed by atoms with E-state index in [0.717, 1.165) is 6.07 Å². The van der Waals surface area contributed by atoms with Crippen LogP contribution in [0, 0.1) is 11.3 Å². The van der Waals surface area contributed by atoms with Crippen LogP contribution in [-0.4, -0.2) is 17.7 Å². The van der Waals surface area contributed by atoms with Gasteiger partial charge < -0.3 is 9.84 Å². The van der Waals surface area contributed by atoms with Gasteiger partial charge in [0.1, 0.15) is 11.3 Å². The van der Waals surface area contributed by atoms with Crippen molar-refractivity contribution in [3.8, 4) is 11.8 Å². The Morgan fingerprint density at radius 1 is 1.40 bits per heavy atom. The lowest BCUT2D eigenvalue weighted by molar-refractivity contribution is -0.143. The highest BCUT2D eigenvalue weighted by atomic mass is 19.4. The second-order valence-corrected chi connectivity index (χ2v) is 3.53. The first kappa shape index (κ1) is 15.7. The van der Waals surface area contributed by atoms with Gasteiger partial charge in [0.05, 0.1) is 18.1 Å². The van der Waals surface area contributed by atoms with E-state index in [-0.39, 0.29) is 0 Å². The molecule has 1 aromatic rings. The molecule has 1 rings (SSSR count). The van der Waals surface area contributed by atoms with Crippen LogP contribution >= 0.6 is 0 Å². The average molecular weight is 295 g/mol. The molecular formula is C11H6F5NO3. The van der Waals surface area contributed by atoms with Crippen LogP contribution in [0.15, 0.2) is 12.1 Å². The summed E-state index contributed by atoms with van der Waals surface area (Å²) in [5.41, 5.74) is -3.23. The molecule has 1 aromatic carbocycles. The van der Waals surface area contributed by atoms with E-state index >= 15 is 0 Å². The van der Waals surface area contributed by atoms with Crippen molar-refractivity contribution in [2.45, 2.75) is 19.2 Å². The van der Waals surface area contributed by atoms with Crippen LogP contribution < -0.4 is 4.74 Å². The predicted molar refractivity (Wildman–Crippen MR) is 54.1 cm³/mol. The molecule has 0 atom stereocenters. The normalized spacial score (nSPS) is 11.2. The number of benzene rings is 1. The number of halogens is 5. The van der Waals surface area contributed by atoms with Crippen molar-refractivity contribution in [2.75, 3.05) is 0 Å². The van der Waals surface area contributed by atoms with E-state index in [2.05, 4.69) is 4.74 Å². The first-order valence-electron chi connectivity index (χ1n) is 4.96. The lowest BCUT2D eigenvalue weighted by Crippen LogP contribution is -2.16. The molecule has 0 aliphatic heterocycles. The Balaban J connectivity index is 3.57. The van der Waals surface area contributed by atoms with Crippen molar-refractivity contribution in [1.82, 2.24) is 0 Å². The predicted octanol–water partition coefficient (Wildman–Crippen LogP) is 2.81. The largest absolute Gasteiger partial charge is 0.481 e. The van der Waals surface area contributed by atoms with Gasteiger partial charge in [-0.1, -0.05) is 6.07 Å². The molecule has 0 saturated carbocycles. The maximum atomic E-state index is 12.8. The fourth-order valence-electron chi connectivity index (χ4n) is 1.53. The fraction of sp³-hybridized carbons (Fsp3) is 0.273. The smallest absolute Gasteiger partial charge is 0.421 e. The van der Waals surface area contributed by atoms with Crippen LogP contribution in [0.5, 0.6) is 5.75 Å². The standard InChI is InChI=1S/C11H6F5NO3/c12-10(13)20-9-5(3-7(18)19)1-2-6(4-17)8(9)11(14,15)16/h1-2,10H,3H2,(H,18,19). The van der Waals surface area contributed by atoms with E-state index in [9.17, 15) is 26.7 Å². The first-order valence-corrected chi connectivity index (χ1v) is 4.96. The summed E-state index contributed by atoms with van der Waals surface area (Å²) in [6, 6.07) is 2.74. The number of hydrogen-bond acceptors (Lipinski definition) is 3. The third-order valence-corrected chi connectivity index (χ3v) is 2.19. The highest BCUT2D eigenvalue weighted by Crippen LogP contribution is 2.41. The van der Waals surface area contributed by atoms with Crippen LogP contribution in [0.3, 0.4) is 0 Å². The number of ether oxygens (including phenoxy) is 1. The van der Waals surface area contributed by atoms with E-state index in [1.54, 1.807) is 0 Å². The lowest BCUT2D eigenvalue weighted by Gasteiger charge is -2.17. The Hall–Kier alpha value is -2.37. The summed E-state index contributed by atoms with van der Waals surface area (Å²) in [5, 5.41) is 17.2. The Kier molecular flexibility index (Phi) is 4.49. The molecule has 4 nitrogen and oxygen atoms in total. The van der Waals surface area contributed by atoms with Gasteiger partial charge in [0, 0.05) is 5.56 Å². The lowest BCUT2D eigenvalue weighted by atomic mass is 10.0. The molecule has 20 heavy (non-hydrogen) atoms. The highest BCUT2D eigenvalue weighted by Gasteiger charge is 2.39. The van der Waals surface area contributed by atoms with Crippen molar-refractivity contribution in [1.29, 1.82) is 5.26 Å². The van der Waals surface area contributed by atoms with Gasteiger partial charge in [-0.05, 0) is 6.07 Å². The van der Waals surface area contributed by atoms with Gasteiger partial charge in [-0.3, -0.25) is 4.79 Å². The Morgan fingerprint density at radius 2 is 2.00 bits per heavy atom. The number of carboxylic acid groups (broad SMARTS) is 1. The molecule has 0 bridgehead atoms. The molecule has 0 saturated heterocycles. The SMILES string of the molecule is N#Cc1ccc(CC(=O)O)c(OC(F)F)c1C(F)(F)F. The molecule has 0 amide bonds. The summed E-state index contributed by atoms with van der Waals surface area (Å²) in [4.78, 5) is 10.5. The summed E-state index contributed by atoms with van der Waals surface area (Å²) in [5.74, 6) is -2.86. The number of nitriles is 1. The van der Waals surface area contributed by atoms with Crippen LogP contribution in [0.25, 0.3) is 0 Å². The molecule has 108 valence electrons. The Bertz CT molecular complexity index is 562. The van der Waals surface area contributed by atoms with Crippen molar-refractivity contribution in [2.24, 2.45) is 0 Å². The maximum Gasteiger partial charge on any atom is 0.421 e. The van der Waals surface area contributed by atoms with E-state index in [0.29, 0.717) is 6.07 Å². The zero-order valence-corrected chi connectivity index (χ0v) is 9.54. The second-order valence-electron chi connectivity index (χ2n) is 3.53. The van der Waals surface area contributed by atoms with E-state index < -0.39 is 47.6 Å². The van der Waals surface area contributed by atoms with Gasteiger partial charge in [0.2, 0.25) is 0 Å². The number of nitrogens with zero attached hydrogens (tertiary/aromatic N) is 1. The molecule has 0 heterocycles. The van der Waals surface area contributed by atoms with Crippen LogP contribution in [-0.2, 0) is 17.4 Å². The van der Waals surface area contributed by atoms with Gasteiger partial charge in [-0.25, -0.2) is 0 Å². The number of aliphatic carboxylic acids is 1. The zero-order valence-electron chi connectivity index (χ0n) is 9.54. The molecule has 0 aliphatic rings. The van der Waals surface area contributed by atoms with Crippen LogP contribution in [0.1, 0.15) is 16.7 Å². The van der Waals surface area contributed by atoms with Crippen molar-refractivity contribution < 1.29 is 36.6 Å². The summed E-state index contributed by atoms with van der Waals surface area (Å²) < 4.78 is 66.7. The maximum absolute atomic E-state index is 12.8. The third-order valence-electron chi connectivity index (χ3n) is 2.19. The van der Waals surface area contributed by atoms with E-state index in [4.69, 9.17) is 10.4 Å². The topological polar surface area (TPSA) is 70.3 Å². The number of hydrogen-bond donors (Lipinski definition) is 1. The van der Waals surface area contributed by atoms with Crippen LogP contribution in [0.2, 0.25) is 0 Å². The molecule has 0 fully saturated rings. The minimum atomic E-state index is -5.14. The molecule has 0 radical (unpaired) electrons. The average Bonchev–Trinajstić information content (AvgIpc) is 2.28. The highest BCUT2D eigenvalue weighted by molar-refractivity contribution is 5.72. The quantitative estimate of drug-likeness (QED) is 0.867. The van der Waals surface area contributed by atoms with Crippen molar-refractivity contribution in [3.63, 3.8) is 0 Å². The number of carboxylic acids is 1. The molecule has 9 heteroatoms. The molecule has 1 N–H and O–H groups in total. The monoisotopic (exact) mass is 295 g/mol. The second kappa shape index (κ2) is 5.73. The van der Waals surface area contributed by atoms with Gasteiger partial charge in [0.15, 0.2) is 0 Å². The summed E-state index contributed by atoms with van der Waals surface area (Å²) in [6.45, 7) is -3.59. The van der Waals surface area contributed by atoms with Gasteiger partial charge in [-0.15, -0.1) is 0 Å². The molecule has 0 aromatic heterocycles.